The smallest absolute Gasteiger partial charge is 0.338 e. The number of rotatable bonds is 7. The van der Waals surface area contributed by atoms with E-state index in [0.717, 1.165) is 6.20 Å². The van der Waals surface area contributed by atoms with Gasteiger partial charge in [0, 0.05) is 11.9 Å². The zero-order valence-electron chi connectivity index (χ0n) is 13.2. The number of esters is 1. The lowest BCUT2D eigenvalue weighted by atomic mass is 10.2. The van der Waals surface area contributed by atoms with Gasteiger partial charge in [0.2, 0.25) is 0 Å². The molecule has 8 heteroatoms. The molecule has 0 aliphatic heterocycles. The zero-order valence-corrected chi connectivity index (χ0v) is 13.2. The molecule has 0 saturated heterocycles. The fourth-order valence-corrected chi connectivity index (χ4v) is 1.56. The third-order valence-corrected chi connectivity index (χ3v) is 2.86. The van der Waals surface area contributed by atoms with Crippen molar-refractivity contribution in [3.63, 3.8) is 0 Å². The first-order valence-corrected chi connectivity index (χ1v) is 7.06. The number of amides is 1. The van der Waals surface area contributed by atoms with Crippen molar-refractivity contribution in [3.8, 4) is 6.07 Å². The average molecular weight is 331 g/mol. The largest absolute Gasteiger partial charge is 0.480 e. The van der Waals surface area contributed by atoms with Crippen LogP contribution in [0.3, 0.4) is 0 Å². The van der Waals surface area contributed by atoms with Crippen LogP contribution >= 0.6 is 0 Å². The predicted molar refractivity (Wildman–Crippen MR) is 85.0 cm³/mol. The normalized spacial score (nSPS) is 11.8. The average Bonchev–Trinajstić information content (AvgIpc) is 2.56. The number of nitriles is 1. The lowest BCUT2D eigenvalue weighted by Gasteiger charge is -2.08. The summed E-state index contributed by atoms with van der Waals surface area (Å²) in [6.07, 6.45) is 1.16. The topological polar surface area (TPSA) is 129 Å². The molecule has 1 rings (SSSR count). The molecule has 1 aromatic rings. The first-order chi connectivity index (χ1) is 11.4. The molecule has 0 aliphatic rings. The van der Waals surface area contributed by atoms with E-state index in [1.165, 1.54) is 19.1 Å². The van der Waals surface area contributed by atoms with Crippen LogP contribution in [0.25, 0.3) is 0 Å². The minimum atomic E-state index is -1.21. The second-order valence-corrected chi connectivity index (χ2v) is 4.65. The van der Waals surface area contributed by atoms with E-state index < -0.39 is 23.9 Å². The number of carboxylic acids is 1. The number of carboxylic acid groups (broad SMARTS) is 1. The SMILES string of the molecule is CCOC(=O)c1ccc(N/C=C(/C#N)C(=O)NC(C)C(=O)O)cc1. The van der Waals surface area contributed by atoms with E-state index in [4.69, 9.17) is 15.1 Å². The Balaban J connectivity index is 2.75. The Bertz CT molecular complexity index is 689. The number of nitrogens with zero attached hydrogens (tertiary/aromatic N) is 1. The van der Waals surface area contributed by atoms with Crippen molar-refractivity contribution in [1.29, 1.82) is 5.26 Å². The Kier molecular flexibility index (Phi) is 6.97. The second-order valence-electron chi connectivity index (χ2n) is 4.65. The van der Waals surface area contributed by atoms with Crippen LogP contribution in [0.15, 0.2) is 36.0 Å². The van der Waals surface area contributed by atoms with Crippen LogP contribution in [0.4, 0.5) is 5.69 Å². The maximum Gasteiger partial charge on any atom is 0.338 e. The lowest BCUT2D eigenvalue weighted by molar-refractivity contribution is -0.140. The quantitative estimate of drug-likeness (QED) is 0.390. The lowest BCUT2D eigenvalue weighted by Crippen LogP contribution is -2.39. The maximum absolute atomic E-state index is 11.8. The highest BCUT2D eigenvalue weighted by molar-refractivity contribution is 5.99. The summed E-state index contributed by atoms with van der Waals surface area (Å²) in [5.41, 5.74) is 0.632. The molecular formula is C16H17N3O5. The zero-order chi connectivity index (χ0) is 18.1. The van der Waals surface area contributed by atoms with E-state index in [1.54, 1.807) is 25.1 Å². The Morgan fingerprint density at radius 2 is 1.96 bits per heavy atom. The van der Waals surface area contributed by atoms with E-state index in [-0.39, 0.29) is 12.2 Å². The number of aliphatic carboxylic acids is 1. The van der Waals surface area contributed by atoms with Crippen molar-refractivity contribution >= 4 is 23.5 Å². The van der Waals surface area contributed by atoms with E-state index in [2.05, 4.69) is 10.6 Å². The van der Waals surface area contributed by atoms with Gasteiger partial charge in [-0.1, -0.05) is 0 Å². The molecule has 0 heterocycles. The van der Waals surface area contributed by atoms with Crippen LogP contribution in [0.2, 0.25) is 0 Å². The second kappa shape index (κ2) is 8.95. The van der Waals surface area contributed by atoms with Gasteiger partial charge in [0.25, 0.3) is 5.91 Å². The standard InChI is InChI=1S/C16H17N3O5/c1-3-24-16(23)11-4-6-13(7-5-11)18-9-12(8-17)14(20)19-10(2)15(21)22/h4-7,9-10,18H,3H2,1-2H3,(H,19,20)(H,21,22)/b12-9-. The van der Waals surface area contributed by atoms with Crippen LogP contribution in [0.1, 0.15) is 24.2 Å². The van der Waals surface area contributed by atoms with Gasteiger partial charge in [-0.05, 0) is 38.1 Å². The predicted octanol–water partition coefficient (Wildman–Crippen LogP) is 1.27. The van der Waals surface area contributed by atoms with Gasteiger partial charge in [-0.15, -0.1) is 0 Å². The highest BCUT2D eigenvalue weighted by atomic mass is 16.5. The summed E-state index contributed by atoms with van der Waals surface area (Å²) >= 11 is 0. The van der Waals surface area contributed by atoms with Crippen LogP contribution in [0.5, 0.6) is 0 Å². The summed E-state index contributed by atoms with van der Waals surface area (Å²) < 4.78 is 4.86. The van der Waals surface area contributed by atoms with E-state index in [9.17, 15) is 14.4 Å². The molecule has 1 unspecified atom stereocenters. The van der Waals surface area contributed by atoms with E-state index in [1.807, 2.05) is 0 Å². The first-order valence-electron chi connectivity index (χ1n) is 7.06. The van der Waals surface area contributed by atoms with Crippen molar-refractivity contribution in [2.45, 2.75) is 19.9 Å². The highest BCUT2D eigenvalue weighted by Gasteiger charge is 2.17. The molecule has 3 N–H and O–H groups in total. The number of nitrogens with one attached hydrogen (secondary N) is 2. The molecular weight excluding hydrogens is 314 g/mol. The van der Waals surface area contributed by atoms with Crippen molar-refractivity contribution in [2.24, 2.45) is 0 Å². The number of hydrogen-bond donors (Lipinski definition) is 3. The molecule has 1 amide bonds. The Morgan fingerprint density at radius 1 is 1.33 bits per heavy atom. The summed E-state index contributed by atoms with van der Waals surface area (Å²) in [4.78, 5) is 34.0. The fourth-order valence-electron chi connectivity index (χ4n) is 1.56. The van der Waals surface area contributed by atoms with Crippen LogP contribution in [-0.2, 0) is 14.3 Å². The van der Waals surface area contributed by atoms with Crippen molar-refractivity contribution in [2.75, 3.05) is 11.9 Å². The third-order valence-electron chi connectivity index (χ3n) is 2.86. The summed E-state index contributed by atoms with van der Waals surface area (Å²) in [6.45, 7) is 3.27. The Hall–Kier alpha value is -3.34. The molecule has 0 aromatic heterocycles. The summed E-state index contributed by atoms with van der Waals surface area (Å²) in [6, 6.07) is 6.80. The summed E-state index contributed by atoms with van der Waals surface area (Å²) in [5.74, 6) is -2.45. The van der Waals surface area contributed by atoms with Crippen LogP contribution in [0, 0.1) is 11.3 Å². The van der Waals surface area contributed by atoms with Crippen LogP contribution < -0.4 is 10.6 Å². The third kappa shape index (κ3) is 5.46. The number of carbonyl (C=O) groups is 3. The molecule has 1 atom stereocenters. The van der Waals surface area contributed by atoms with Gasteiger partial charge in [0.05, 0.1) is 12.2 Å². The monoisotopic (exact) mass is 331 g/mol. The first kappa shape index (κ1) is 18.7. The molecule has 126 valence electrons. The number of hydrogen-bond acceptors (Lipinski definition) is 6. The molecule has 0 spiro atoms. The van der Waals surface area contributed by atoms with Crippen molar-refractivity contribution in [3.05, 3.63) is 41.6 Å². The van der Waals surface area contributed by atoms with E-state index >= 15 is 0 Å². The number of anilines is 1. The molecule has 0 aliphatic carbocycles. The molecule has 0 bridgehead atoms. The number of ether oxygens (including phenoxy) is 1. The minimum absolute atomic E-state index is 0.275. The Morgan fingerprint density at radius 3 is 2.46 bits per heavy atom. The summed E-state index contributed by atoms with van der Waals surface area (Å²) in [5, 5.41) is 22.6. The molecule has 1 aromatic carbocycles. The fraction of sp³-hybridized carbons (Fsp3) is 0.250. The molecule has 24 heavy (non-hydrogen) atoms. The van der Waals surface area contributed by atoms with Gasteiger partial charge in [0.15, 0.2) is 0 Å². The Labute approximate surface area is 138 Å². The molecule has 8 nitrogen and oxygen atoms in total. The summed E-state index contributed by atoms with van der Waals surface area (Å²) in [7, 11) is 0. The van der Waals surface area contributed by atoms with Crippen LogP contribution in [-0.4, -0.2) is 35.6 Å². The highest BCUT2D eigenvalue weighted by Crippen LogP contribution is 2.11. The van der Waals surface area contributed by atoms with Gasteiger partial charge < -0.3 is 20.5 Å². The van der Waals surface area contributed by atoms with Gasteiger partial charge in [-0.25, -0.2) is 4.79 Å². The van der Waals surface area contributed by atoms with Gasteiger partial charge in [-0.3, -0.25) is 9.59 Å². The number of carbonyl (C=O) groups excluding carboxylic acids is 2. The van der Waals surface area contributed by atoms with Crippen molar-refractivity contribution < 1.29 is 24.2 Å². The minimum Gasteiger partial charge on any atom is -0.480 e. The van der Waals surface area contributed by atoms with Gasteiger partial charge in [0.1, 0.15) is 17.7 Å². The molecule has 0 fully saturated rings. The van der Waals surface area contributed by atoms with E-state index in [0.29, 0.717) is 11.3 Å². The number of benzene rings is 1. The van der Waals surface area contributed by atoms with Crippen molar-refractivity contribution in [1.82, 2.24) is 5.32 Å². The maximum atomic E-state index is 11.8. The van der Waals surface area contributed by atoms with Gasteiger partial charge in [-0.2, -0.15) is 5.26 Å². The molecule has 0 saturated carbocycles. The van der Waals surface area contributed by atoms with Gasteiger partial charge >= 0.3 is 11.9 Å². The molecule has 0 radical (unpaired) electrons.